The van der Waals surface area contributed by atoms with Crippen LogP contribution in [0.4, 0.5) is 11.4 Å². The molecule has 4 heteroatoms. The van der Waals surface area contributed by atoms with E-state index in [2.05, 4.69) is 5.32 Å². The zero-order valence-corrected chi connectivity index (χ0v) is 10.7. The topological polar surface area (TPSA) is 64.3 Å². The van der Waals surface area contributed by atoms with Crippen molar-refractivity contribution in [2.45, 2.75) is 6.42 Å². The van der Waals surface area contributed by atoms with Gasteiger partial charge in [-0.1, -0.05) is 24.3 Å². The summed E-state index contributed by atoms with van der Waals surface area (Å²) in [6.07, 6.45) is 0.263. The van der Waals surface area contributed by atoms with Crippen LogP contribution in [0.1, 0.15) is 5.56 Å². The van der Waals surface area contributed by atoms with Crippen LogP contribution in [0.3, 0.4) is 0 Å². The van der Waals surface area contributed by atoms with Gasteiger partial charge in [-0.25, -0.2) is 0 Å². The van der Waals surface area contributed by atoms with Gasteiger partial charge in [-0.2, -0.15) is 0 Å². The average Bonchev–Trinajstić information content (AvgIpc) is 2.39. The standard InChI is InChI=1S/C15H16N2O2/c1-19-14-8-3-2-5-11(14)9-15(18)17-13-7-4-6-12(16)10-13/h2-8,10H,9,16H2,1H3,(H,17,18). The monoisotopic (exact) mass is 256 g/mol. The van der Waals surface area contributed by atoms with Gasteiger partial charge in [-0.15, -0.1) is 0 Å². The molecule has 0 atom stereocenters. The van der Waals surface area contributed by atoms with Crippen molar-refractivity contribution >= 4 is 17.3 Å². The Labute approximate surface area is 112 Å². The molecule has 1 amide bonds. The molecule has 0 aliphatic rings. The number of carbonyl (C=O) groups excluding carboxylic acids is 1. The summed E-state index contributed by atoms with van der Waals surface area (Å²) in [4.78, 5) is 12.0. The lowest BCUT2D eigenvalue weighted by atomic mass is 10.1. The number of hydrogen-bond donors (Lipinski definition) is 2. The highest BCUT2D eigenvalue weighted by Gasteiger charge is 2.08. The molecule has 0 bridgehead atoms. The van der Waals surface area contributed by atoms with Gasteiger partial charge in [0, 0.05) is 16.9 Å². The molecule has 4 nitrogen and oxygen atoms in total. The first-order valence-corrected chi connectivity index (χ1v) is 5.96. The molecule has 0 aliphatic carbocycles. The lowest BCUT2D eigenvalue weighted by Gasteiger charge is -2.09. The third kappa shape index (κ3) is 3.48. The molecule has 0 aliphatic heterocycles. The number of hydrogen-bond acceptors (Lipinski definition) is 3. The molecule has 0 heterocycles. The lowest BCUT2D eigenvalue weighted by molar-refractivity contribution is -0.115. The number of nitrogens with two attached hydrogens (primary N) is 1. The van der Waals surface area contributed by atoms with Crippen LogP contribution in [0.2, 0.25) is 0 Å². The van der Waals surface area contributed by atoms with E-state index in [4.69, 9.17) is 10.5 Å². The van der Waals surface area contributed by atoms with Crippen LogP contribution < -0.4 is 15.8 Å². The van der Waals surface area contributed by atoms with Crippen molar-refractivity contribution in [3.05, 3.63) is 54.1 Å². The van der Waals surface area contributed by atoms with E-state index in [9.17, 15) is 4.79 Å². The Morgan fingerprint density at radius 2 is 2.00 bits per heavy atom. The maximum Gasteiger partial charge on any atom is 0.228 e. The summed E-state index contributed by atoms with van der Waals surface area (Å²) < 4.78 is 5.22. The highest BCUT2D eigenvalue weighted by Crippen LogP contribution is 2.19. The van der Waals surface area contributed by atoms with Crippen molar-refractivity contribution in [3.63, 3.8) is 0 Å². The third-order valence-corrected chi connectivity index (χ3v) is 2.71. The molecule has 98 valence electrons. The highest BCUT2D eigenvalue weighted by molar-refractivity contribution is 5.93. The van der Waals surface area contributed by atoms with Crippen molar-refractivity contribution < 1.29 is 9.53 Å². The first-order valence-electron chi connectivity index (χ1n) is 5.96. The number of nitrogens with one attached hydrogen (secondary N) is 1. The van der Waals surface area contributed by atoms with Crippen molar-refractivity contribution in [1.29, 1.82) is 0 Å². The van der Waals surface area contributed by atoms with E-state index in [0.717, 1.165) is 5.56 Å². The van der Waals surface area contributed by atoms with Crippen LogP contribution in [0, 0.1) is 0 Å². The summed E-state index contributed by atoms with van der Waals surface area (Å²) in [6.45, 7) is 0. The number of benzene rings is 2. The second-order valence-electron chi connectivity index (χ2n) is 4.16. The van der Waals surface area contributed by atoms with E-state index in [1.807, 2.05) is 24.3 Å². The summed E-state index contributed by atoms with van der Waals surface area (Å²) in [5.74, 6) is 0.611. The Bertz CT molecular complexity index is 582. The number of methoxy groups -OCH3 is 1. The van der Waals surface area contributed by atoms with Gasteiger partial charge in [-0.3, -0.25) is 4.79 Å². The van der Waals surface area contributed by atoms with Gasteiger partial charge in [-0.05, 0) is 24.3 Å². The predicted molar refractivity (Wildman–Crippen MR) is 76.2 cm³/mol. The average molecular weight is 256 g/mol. The SMILES string of the molecule is COc1ccccc1CC(=O)Nc1cccc(N)c1. The molecule has 0 saturated carbocycles. The molecule has 0 radical (unpaired) electrons. The fraction of sp³-hybridized carbons (Fsp3) is 0.133. The van der Waals surface area contributed by atoms with E-state index < -0.39 is 0 Å². The van der Waals surface area contributed by atoms with E-state index in [1.165, 1.54) is 0 Å². The summed E-state index contributed by atoms with van der Waals surface area (Å²) in [6, 6.07) is 14.6. The first kappa shape index (κ1) is 13.0. The Kier molecular flexibility index (Phi) is 4.03. The second-order valence-corrected chi connectivity index (χ2v) is 4.16. The zero-order chi connectivity index (χ0) is 13.7. The smallest absolute Gasteiger partial charge is 0.228 e. The van der Waals surface area contributed by atoms with Gasteiger partial charge in [0.15, 0.2) is 0 Å². The molecular formula is C15H16N2O2. The van der Waals surface area contributed by atoms with E-state index in [0.29, 0.717) is 17.1 Å². The maximum atomic E-state index is 12.0. The van der Waals surface area contributed by atoms with Crippen LogP contribution in [0.25, 0.3) is 0 Å². The number of rotatable bonds is 4. The number of para-hydroxylation sites is 1. The van der Waals surface area contributed by atoms with Crippen LogP contribution in [-0.4, -0.2) is 13.0 Å². The molecule has 2 rings (SSSR count). The molecule has 2 aromatic carbocycles. The van der Waals surface area contributed by atoms with Crippen LogP contribution >= 0.6 is 0 Å². The Morgan fingerprint density at radius 1 is 1.21 bits per heavy atom. The summed E-state index contributed by atoms with van der Waals surface area (Å²) in [7, 11) is 1.59. The van der Waals surface area contributed by atoms with Gasteiger partial charge in [0.2, 0.25) is 5.91 Å². The number of nitrogen functional groups attached to an aromatic ring is 1. The highest BCUT2D eigenvalue weighted by atomic mass is 16.5. The van der Waals surface area contributed by atoms with E-state index >= 15 is 0 Å². The van der Waals surface area contributed by atoms with Crippen molar-refractivity contribution in [1.82, 2.24) is 0 Å². The van der Waals surface area contributed by atoms with Gasteiger partial charge in [0.05, 0.1) is 13.5 Å². The number of anilines is 2. The molecule has 19 heavy (non-hydrogen) atoms. The van der Waals surface area contributed by atoms with Gasteiger partial charge >= 0.3 is 0 Å². The largest absolute Gasteiger partial charge is 0.496 e. The van der Waals surface area contributed by atoms with Gasteiger partial charge < -0.3 is 15.8 Å². The lowest BCUT2D eigenvalue weighted by Crippen LogP contribution is -2.15. The van der Waals surface area contributed by atoms with Crippen LogP contribution in [-0.2, 0) is 11.2 Å². The van der Waals surface area contributed by atoms with Crippen molar-refractivity contribution in [2.24, 2.45) is 0 Å². The maximum absolute atomic E-state index is 12.0. The summed E-state index contributed by atoms with van der Waals surface area (Å²) >= 11 is 0. The molecule has 0 aromatic heterocycles. The molecule has 0 unspecified atom stereocenters. The Morgan fingerprint density at radius 3 is 2.74 bits per heavy atom. The molecule has 0 fully saturated rings. The van der Waals surface area contributed by atoms with Crippen molar-refractivity contribution in [2.75, 3.05) is 18.2 Å². The summed E-state index contributed by atoms with van der Waals surface area (Å²) in [5, 5.41) is 2.81. The van der Waals surface area contributed by atoms with Gasteiger partial charge in [0.1, 0.15) is 5.75 Å². The fourth-order valence-electron chi connectivity index (χ4n) is 1.84. The summed E-state index contributed by atoms with van der Waals surface area (Å²) in [5.41, 5.74) is 7.83. The predicted octanol–water partition coefficient (Wildman–Crippen LogP) is 2.46. The Balaban J connectivity index is 2.05. The van der Waals surface area contributed by atoms with Crippen LogP contribution in [0.5, 0.6) is 5.75 Å². The number of amides is 1. The van der Waals surface area contributed by atoms with Crippen molar-refractivity contribution in [3.8, 4) is 5.75 Å². The molecule has 0 saturated heterocycles. The van der Waals surface area contributed by atoms with E-state index in [1.54, 1.807) is 31.4 Å². The molecule has 2 aromatic rings. The van der Waals surface area contributed by atoms with E-state index in [-0.39, 0.29) is 12.3 Å². The molecular weight excluding hydrogens is 240 g/mol. The van der Waals surface area contributed by atoms with Gasteiger partial charge in [0.25, 0.3) is 0 Å². The minimum Gasteiger partial charge on any atom is -0.496 e. The Hall–Kier alpha value is -2.49. The zero-order valence-electron chi connectivity index (χ0n) is 10.7. The number of carbonyl (C=O) groups is 1. The quantitative estimate of drug-likeness (QED) is 0.826. The first-order chi connectivity index (χ1) is 9.19. The number of ether oxygens (including phenoxy) is 1. The molecule has 3 N–H and O–H groups in total. The molecule has 0 spiro atoms. The normalized spacial score (nSPS) is 9.95. The van der Waals surface area contributed by atoms with Crippen LogP contribution in [0.15, 0.2) is 48.5 Å². The fourth-order valence-corrected chi connectivity index (χ4v) is 1.84. The minimum atomic E-state index is -0.102. The third-order valence-electron chi connectivity index (χ3n) is 2.71. The second kappa shape index (κ2) is 5.91. The minimum absolute atomic E-state index is 0.102.